The average Bonchev–Trinajstić information content (AvgIpc) is 3.44. The molecular weight excluding hydrogens is 424 g/mol. The van der Waals surface area contributed by atoms with Crippen LogP contribution in [0.4, 0.5) is 0 Å². The van der Waals surface area contributed by atoms with Gasteiger partial charge in [-0.2, -0.15) is 5.10 Å². The molecule has 3 saturated carbocycles. The second kappa shape index (κ2) is 10.7. The number of hydrazone groups is 1. The fourth-order valence-corrected chi connectivity index (χ4v) is 7.54. The van der Waals surface area contributed by atoms with Crippen molar-refractivity contribution in [3.05, 3.63) is 0 Å². The molecule has 0 radical (unpaired) electrons. The Morgan fingerprint density at radius 3 is 2.22 bits per heavy atom. The smallest absolute Gasteiger partial charge is 0.309 e. The molecular formula is C24H38N4O3S. The molecule has 1 saturated heterocycles. The molecule has 2 amide bonds. The summed E-state index contributed by atoms with van der Waals surface area (Å²) >= 11 is 1.60. The summed E-state index contributed by atoms with van der Waals surface area (Å²) in [6.07, 6.45) is 14.5. The van der Waals surface area contributed by atoms with E-state index in [1.54, 1.807) is 11.8 Å². The van der Waals surface area contributed by atoms with Crippen LogP contribution < -0.4 is 16.5 Å². The van der Waals surface area contributed by atoms with Crippen molar-refractivity contribution in [3.8, 4) is 0 Å². The second-order valence-electron chi connectivity index (χ2n) is 10.3. The maximum absolute atomic E-state index is 13.2. The summed E-state index contributed by atoms with van der Waals surface area (Å²) in [5, 5.41) is 7.96. The van der Waals surface area contributed by atoms with Crippen molar-refractivity contribution in [2.24, 2.45) is 28.1 Å². The van der Waals surface area contributed by atoms with E-state index in [2.05, 4.69) is 15.8 Å². The van der Waals surface area contributed by atoms with E-state index in [9.17, 15) is 14.4 Å². The summed E-state index contributed by atoms with van der Waals surface area (Å²) < 4.78 is 0. The molecule has 32 heavy (non-hydrogen) atoms. The summed E-state index contributed by atoms with van der Waals surface area (Å²) in [4.78, 5) is 38.8. The van der Waals surface area contributed by atoms with Crippen molar-refractivity contribution >= 4 is 34.4 Å². The van der Waals surface area contributed by atoms with E-state index in [4.69, 9.17) is 5.73 Å². The van der Waals surface area contributed by atoms with Crippen LogP contribution in [0.2, 0.25) is 0 Å². The third-order valence-corrected chi connectivity index (χ3v) is 9.56. The van der Waals surface area contributed by atoms with E-state index in [0.29, 0.717) is 5.04 Å². The van der Waals surface area contributed by atoms with Crippen molar-refractivity contribution in [2.75, 3.05) is 5.75 Å². The second-order valence-corrected chi connectivity index (χ2v) is 11.3. The van der Waals surface area contributed by atoms with Crippen LogP contribution in [0.5, 0.6) is 0 Å². The van der Waals surface area contributed by atoms with E-state index in [1.807, 2.05) is 0 Å². The van der Waals surface area contributed by atoms with Crippen molar-refractivity contribution in [3.63, 3.8) is 0 Å². The Bertz CT molecular complexity index is 738. The van der Waals surface area contributed by atoms with Crippen LogP contribution in [-0.4, -0.2) is 40.5 Å². The van der Waals surface area contributed by atoms with E-state index in [1.165, 1.54) is 19.3 Å². The standard InChI is InChI=1S/C24H38N4O3S/c25-20-23(32-15-24(20)13-7-8-14-24)28-27-22(31)19(29)18(16-9-3-1-4-10-16)26-21(30)17-11-5-2-6-12-17/h16-18,20H,1-15,25H2,(H,26,30)(H,27,31). The molecule has 0 aromatic rings. The van der Waals surface area contributed by atoms with Crippen LogP contribution in [0.1, 0.15) is 89.9 Å². The normalized spacial score (nSPS) is 28.7. The number of nitrogens with one attached hydrogen (secondary N) is 2. The number of rotatable bonds is 6. The molecule has 0 bridgehead atoms. The summed E-state index contributed by atoms with van der Waals surface area (Å²) in [5.41, 5.74) is 9.04. The Morgan fingerprint density at radius 2 is 1.56 bits per heavy atom. The molecule has 178 valence electrons. The van der Waals surface area contributed by atoms with Crippen LogP contribution in [0.15, 0.2) is 5.10 Å². The number of nitrogens with zero attached hydrogens (tertiary/aromatic N) is 1. The monoisotopic (exact) mass is 462 g/mol. The van der Waals surface area contributed by atoms with Gasteiger partial charge >= 0.3 is 5.91 Å². The van der Waals surface area contributed by atoms with Gasteiger partial charge in [-0.1, -0.05) is 51.4 Å². The van der Waals surface area contributed by atoms with E-state index in [0.717, 1.165) is 76.4 Å². The minimum Gasteiger partial charge on any atom is -0.345 e. The van der Waals surface area contributed by atoms with Crippen LogP contribution >= 0.6 is 11.8 Å². The van der Waals surface area contributed by atoms with Crippen molar-refractivity contribution in [1.82, 2.24) is 10.7 Å². The minimum atomic E-state index is -0.754. The summed E-state index contributed by atoms with van der Waals surface area (Å²) in [6.45, 7) is 0. The predicted molar refractivity (Wildman–Crippen MR) is 127 cm³/mol. The van der Waals surface area contributed by atoms with Gasteiger partial charge in [0.15, 0.2) is 0 Å². The Balaban J connectivity index is 1.40. The largest absolute Gasteiger partial charge is 0.345 e. The molecule has 8 heteroatoms. The van der Waals surface area contributed by atoms with Crippen LogP contribution in [0, 0.1) is 17.3 Å². The van der Waals surface area contributed by atoms with Gasteiger partial charge in [-0.05, 0) is 44.4 Å². The average molecular weight is 463 g/mol. The fourth-order valence-electron chi connectivity index (χ4n) is 6.10. The third-order valence-electron chi connectivity index (χ3n) is 8.20. The first-order valence-electron chi connectivity index (χ1n) is 12.6. The number of carbonyl (C=O) groups excluding carboxylic acids is 3. The topological polar surface area (TPSA) is 114 Å². The fraction of sp³-hybridized carbons (Fsp3) is 0.833. The molecule has 1 spiro atoms. The van der Waals surface area contributed by atoms with Gasteiger partial charge in [0.05, 0.1) is 6.04 Å². The Kier molecular flexibility index (Phi) is 7.92. The molecule has 1 heterocycles. The zero-order valence-electron chi connectivity index (χ0n) is 19.1. The number of hydrogen-bond donors (Lipinski definition) is 3. The molecule has 2 unspecified atom stereocenters. The van der Waals surface area contributed by atoms with Crippen molar-refractivity contribution in [1.29, 1.82) is 0 Å². The Morgan fingerprint density at radius 1 is 0.938 bits per heavy atom. The van der Waals surface area contributed by atoms with Gasteiger partial charge in [0.25, 0.3) is 0 Å². The Hall–Kier alpha value is -1.41. The molecule has 4 N–H and O–H groups in total. The van der Waals surface area contributed by atoms with Gasteiger partial charge < -0.3 is 11.1 Å². The van der Waals surface area contributed by atoms with Crippen molar-refractivity contribution in [2.45, 2.75) is 102 Å². The summed E-state index contributed by atoms with van der Waals surface area (Å²) in [6, 6.07) is -0.929. The SMILES string of the molecule is NC1C(=NNC(=O)C(=O)C(NC(=O)C2CCCCC2)C2CCCCC2)SCC12CCCC2. The maximum atomic E-state index is 13.2. The predicted octanol–water partition coefficient (Wildman–Crippen LogP) is 3.27. The van der Waals surface area contributed by atoms with Gasteiger partial charge in [0.2, 0.25) is 11.7 Å². The van der Waals surface area contributed by atoms with E-state index < -0.39 is 17.7 Å². The number of hydrogen-bond acceptors (Lipinski definition) is 6. The number of nitrogens with two attached hydrogens (primary N) is 1. The number of ketones is 1. The zero-order valence-corrected chi connectivity index (χ0v) is 19.9. The van der Waals surface area contributed by atoms with Crippen molar-refractivity contribution < 1.29 is 14.4 Å². The first-order chi connectivity index (χ1) is 15.5. The van der Waals surface area contributed by atoms with Gasteiger partial charge in [-0.15, -0.1) is 11.8 Å². The lowest BCUT2D eigenvalue weighted by atomic mass is 9.81. The lowest BCUT2D eigenvalue weighted by Crippen LogP contribution is -2.52. The Labute approximate surface area is 195 Å². The molecule has 4 aliphatic rings. The molecule has 1 aliphatic heterocycles. The molecule has 7 nitrogen and oxygen atoms in total. The van der Waals surface area contributed by atoms with Gasteiger partial charge in [-0.3, -0.25) is 14.4 Å². The van der Waals surface area contributed by atoms with Gasteiger partial charge in [-0.25, -0.2) is 5.43 Å². The third kappa shape index (κ3) is 5.22. The van der Waals surface area contributed by atoms with E-state index >= 15 is 0 Å². The summed E-state index contributed by atoms with van der Waals surface area (Å²) in [7, 11) is 0. The molecule has 0 aromatic carbocycles. The van der Waals surface area contributed by atoms with E-state index in [-0.39, 0.29) is 29.2 Å². The quantitative estimate of drug-likeness (QED) is 0.414. The molecule has 4 fully saturated rings. The molecule has 0 aromatic heterocycles. The maximum Gasteiger partial charge on any atom is 0.309 e. The highest BCUT2D eigenvalue weighted by Crippen LogP contribution is 2.48. The number of Topliss-reactive ketones (excluding diaryl/α,β-unsaturated/α-hetero) is 1. The highest BCUT2D eigenvalue weighted by atomic mass is 32.2. The zero-order chi connectivity index (χ0) is 22.6. The molecule has 2 atom stereocenters. The number of carbonyl (C=O) groups is 3. The lowest BCUT2D eigenvalue weighted by Gasteiger charge is -2.31. The van der Waals surface area contributed by atoms with Gasteiger partial charge in [0, 0.05) is 17.1 Å². The first kappa shape index (κ1) is 23.7. The molecule has 4 rings (SSSR count). The number of amides is 2. The summed E-state index contributed by atoms with van der Waals surface area (Å²) in [5.74, 6) is -0.466. The highest BCUT2D eigenvalue weighted by molar-refractivity contribution is 8.14. The minimum absolute atomic E-state index is 0.0204. The highest BCUT2D eigenvalue weighted by Gasteiger charge is 2.47. The van der Waals surface area contributed by atoms with Gasteiger partial charge in [0.1, 0.15) is 11.1 Å². The lowest BCUT2D eigenvalue weighted by molar-refractivity contribution is -0.141. The number of thioether (sulfide) groups is 1. The van der Waals surface area contributed by atoms with Crippen LogP contribution in [-0.2, 0) is 14.4 Å². The van der Waals surface area contributed by atoms with Crippen LogP contribution in [0.3, 0.4) is 0 Å². The molecule has 3 aliphatic carbocycles. The van der Waals surface area contributed by atoms with Crippen LogP contribution in [0.25, 0.3) is 0 Å². The first-order valence-corrected chi connectivity index (χ1v) is 13.6.